The third-order valence-electron chi connectivity index (χ3n) is 4.59. The molecule has 0 heterocycles. The number of amides is 2. The molecule has 2 amide bonds. The molecule has 0 bridgehead atoms. The van der Waals surface area contributed by atoms with Gasteiger partial charge in [0.25, 0.3) is 5.91 Å². The summed E-state index contributed by atoms with van der Waals surface area (Å²) in [5, 5.41) is 4.09. The molecule has 2 rings (SSSR count). The number of carbonyl (C=O) groups is 2. The summed E-state index contributed by atoms with van der Waals surface area (Å²) in [6.45, 7) is 5.69. The summed E-state index contributed by atoms with van der Waals surface area (Å²) in [4.78, 5) is 27.1. The van der Waals surface area contributed by atoms with E-state index in [0.717, 1.165) is 12.0 Å². The third kappa shape index (κ3) is 7.26. The molecule has 0 radical (unpaired) electrons. The number of nitrogens with zero attached hydrogens (tertiary/aromatic N) is 1. The van der Waals surface area contributed by atoms with E-state index < -0.39 is 6.04 Å². The van der Waals surface area contributed by atoms with Crippen molar-refractivity contribution in [2.45, 2.75) is 45.8 Å². The van der Waals surface area contributed by atoms with Crippen LogP contribution in [0.15, 0.2) is 48.5 Å². The van der Waals surface area contributed by atoms with Crippen molar-refractivity contribution in [3.63, 3.8) is 0 Å². The van der Waals surface area contributed by atoms with Crippen molar-refractivity contribution in [1.29, 1.82) is 0 Å². The van der Waals surface area contributed by atoms with Gasteiger partial charge in [-0.25, -0.2) is 0 Å². The van der Waals surface area contributed by atoms with E-state index in [1.54, 1.807) is 43.3 Å². The van der Waals surface area contributed by atoms with Gasteiger partial charge in [0.05, 0.1) is 0 Å². The molecular formula is C22H26Cl2N2O3. The number of rotatable bonds is 9. The van der Waals surface area contributed by atoms with Gasteiger partial charge in [-0.15, -0.1) is 0 Å². The quantitative estimate of drug-likeness (QED) is 0.619. The number of ether oxygens (including phenoxy) is 1. The molecule has 2 aromatic carbocycles. The van der Waals surface area contributed by atoms with Gasteiger partial charge in [0.15, 0.2) is 6.61 Å². The summed E-state index contributed by atoms with van der Waals surface area (Å²) < 4.78 is 5.59. The molecular weight excluding hydrogens is 411 g/mol. The van der Waals surface area contributed by atoms with Crippen LogP contribution in [0.4, 0.5) is 0 Å². The Hall–Kier alpha value is -2.24. The van der Waals surface area contributed by atoms with Crippen LogP contribution < -0.4 is 10.1 Å². The second kappa shape index (κ2) is 11.1. The van der Waals surface area contributed by atoms with Gasteiger partial charge in [-0.05, 0) is 62.2 Å². The first-order valence-electron chi connectivity index (χ1n) is 9.52. The molecule has 2 aromatic rings. The zero-order chi connectivity index (χ0) is 21.4. The van der Waals surface area contributed by atoms with Crippen LogP contribution in [0.3, 0.4) is 0 Å². The lowest BCUT2D eigenvalue weighted by atomic mass is 10.1. The van der Waals surface area contributed by atoms with Gasteiger partial charge < -0.3 is 15.0 Å². The molecule has 0 aliphatic carbocycles. The molecule has 0 spiro atoms. The third-order valence-corrected chi connectivity index (χ3v) is 5.07. The van der Waals surface area contributed by atoms with Gasteiger partial charge in [-0.3, -0.25) is 9.59 Å². The Morgan fingerprint density at radius 3 is 2.38 bits per heavy atom. The molecule has 0 saturated carbocycles. The number of nitrogens with one attached hydrogen (secondary N) is 1. The molecule has 5 nitrogen and oxygen atoms in total. The Morgan fingerprint density at radius 1 is 1.07 bits per heavy atom. The van der Waals surface area contributed by atoms with Crippen molar-refractivity contribution in [1.82, 2.24) is 10.2 Å². The first-order valence-corrected chi connectivity index (χ1v) is 10.3. The smallest absolute Gasteiger partial charge is 0.261 e. The number of halogens is 2. The maximum absolute atomic E-state index is 12.9. The van der Waals surface area contributed by atoms with Gasteiger partial charge in [0, 0.05) is 22.6 Å². The maximum atomic E-state index is 12.9. The molecule has 0 fully saturated rings. The second-order valence-electron chi connectivity index (χ2n) is 6.89. The lowest BCUT2D eigenvalue weighted by molar-refractivity contribution is -0.142. The molecule has 0 aliphatic rings. The molecule has 7 heteroatoms. The first-order chi connectivity index (χ1) is 13.8. The predicted octanol–water partition coefficient (Wildman–Crippen LogP) is 4.70. The molecule has 0 unspecified atom stereocenters. The number of hydrogen-bond acceptors (Lipinski definition) is 3. The molecule has 1 N–H and O–H groups in total. The Kier molecular flexibility index (Phi) is 8.80. The summed E-state index contributed by atoms with van der Waals surface area (Å²) in [5.74, 6) is 0.0233. The summed E-state index contributed by atoms with van der Waals surface area (Å²) in [6.07, 6.45) is 0.806. The van der Waals surface area contributed by atoms with Crippen molar-refractivity contribution < 1.29 is 14.3 Å². The minimum Gasteiger partial charge on any atom is -0.484 e. The van der Waals surface area contributed by atoms with E-state index in [4.69, 9.17) is 27.9 Å². The zero-order valence-electron chi connectivity index (χ0n) is 16.8. The lowest BCUT2D eigenvalue weighted by Crippen LogP contribution is -2.50. The predicted molar refractivity (Wildman–Crippen MR) is 116 cm³/mol. The highest BCUT2D eigenvalue weighted by atomic mass is 35.5. The van der Waals surface area contributed by atoms with Crippen LogP contribution in [-0.2, 0) is 16.1 Å². The Balaban J connectivity index is 2.14. The standard InChI is InChI=1S/C22H26Cl2N2O3/c1-4-15(2)25-22(28)16(3)26(13-17-6-5-7-19(24)12-17)21(27)14-29-20-10-8-18(23)9-11-20/h5-12,15-16H,4,13-14H2,1-3H3,(H,25,28)/t15-,16+/m1/s1. The Bertz CT molecular complexity index is 827. The van der Waals surface area contributed by atoms with E-state index in [2.05, 4.69) is 5.32 Å². The van der Waals surface area contributed by atoms with Gasteiger partial charge in [0.2, 0.25) is 5.91 Å². The topological polar surface area (TPSA) is 58.6 Å². The van der Waals surface area contributed by atoms with E-state index >= 15 is 0 Å². The highest BCUT2D eigenvalue weighted by molar-refractivity contribution is 6.30. The normalized spacial score (nSPS) is 12.7. The van der Waals surface area contributed by atoms with Crippen molar-refractivity contribution >= 4 is 35.0 Å². The van der Waals surface area contributed by atoms with Crippen LogP contribution >= 0.6 is 23.2 Å². The highest BCUT2D eigenvalue weighted by Crippen LogP contribution is 2.17. The maximum Gasteiger partial charge on any atom is 0.261 e. The molecule has 0 saturated heterocycles. The zero-order valence-corrected chi connectivity index (χ0v) is 18.3. The van der Waals surface area contributed by atoms with E-state index in [1.165, 1.54) is 4.90 Å². The average Bonchev–Trinajstić information content (AvgIpc) is 2.70. The van der Waals surface area contributed by atoms with E-state index in [0.29, 0.717) is 15.8 Å². The van der Waals surface area contributed by atoms with Crippen LogP contribution in [0.2, 0.25) is 10.0 Å². The molecule has 0 aliphatic heterocycles. The summed E-state index contributed by atoms with van der Waals surface area (Å²) in [5.41, 5.74) is 0.834. The second-order valence-corrected chi connectivity index (χ2v) is 7.76. The molecule has 156 valence electrons. The fourth-order valence-corrected chi connectivity index (χ4v) is 2.98. The molecule has 0 aromatic heterocycles. The Morgan fingerprint density at radius 2 is 1.76 bits per heavy atom. The number of carbonyl (C=O) groups excluding carboxylic acids is 2. The number of hydrogen-bond donors (Lipinski definition) is 1. The number of benzene rings is 2. The minimum absolute atomic E-state index is 0.0263. The van der Waals surface area contributed by atoms with E-state index in [1.807, 2.05) is 26.0 Å². The Labute approximate surface area is 181 Å². The van der Waals surface area contributed by atoms with Crippen LogP contribution in [0.5, 0.6) is 5.75 Å². The van der Waals surface area contributed by atoms with E-state index in [-0.39, 0.29) is 31.0 Å². The summed E-state index contributed by atoms with van der Waals surface area (Å²) >= 11 is 11.9. The molecule has 29 heavy (non-hydrogen) atoms. The van der Waals surface area contributed by atoms with E-state index in [9.17, 15) is 9.59 Å². The molecule has 2 atom stereocenters. The first kappa shape index (κ1) is 23.0. The highest BCUT2D eigenvalue weighted by Gasteiger charge is 2.27. The van der Waals surface area contributed by atoms with Gasteiger partial charge in [-0.2, -0.15) is 0 Å². The minimum atomic E-state index is -0.663. The largest absolute Gasteiger partial charge is 0.484 e. The van der Waals surface area contributed by atoms with Crippen molar-refractivity contribution in [2.75, 3.05) is 6.61 Å². The van der Waals surface area contributed by atoms with Crippen LogP contribution in [-0.4, -0.2) is 35.4 Å². The van der Waals surface area contributed by atoms with Crippen molar-refractivity contribution in [3.8, 4) is 5.75 Å². The monoisotopic (exact) mass is 436 g/mol. The van der Waals surface area contributed by atoms with Gasteiger partial charge in [-0.1, -0.05) is 42.3 Å². The van der Waals surface area contributed by atoms with Crippen LogP contribution in [0.1, 0.15) is 32.8 Å². The van der Waals surface area contributed by atoms with Crippen molar-refractivity contribution in [2.24, 2.45) is 0 Å². The van der Waals surface area contributed by atoms with Gasteiger partial charge in [0.1, 0.15) is 11.8 Å². The summed E-state index contributed by atoms with van der Waals surface area (Å²) in [6, 6.07) is 13.3. The van der Waals surface area contributed by atoms with Gasteiger partial charge >= 0.3 is 0 Å². The SMILES string of the molecule is CC[C@@H](C)NC(=O)[C@H](C)N(Cc1cccc(Cl)c1)C(=O)COc1ccc(Cl)cc1. The lowest BCUT2D eigenvalue weighted by Gasteiger charge is -2.29. The average molecular weight is 437 g/mol. The van der Waals surface area contributed by atoms with Crippen LogP contribution in [0.25, 0.3) is 0 Å². The fourth-order valence-electron chi connectivity index (χ4n) is 2.64. The van der Waals surface area contributed by atoms with Crippen molar-refractivity contribution in [3.05, 3.63) is 64.1 Å². The van der Waals surface area contributed by atoms with Crippen LogP contribution in [0, 0.1) is 0 Å². The fraction of sp³-hybridized carbons (Fsp3) is 0.364. The summed E-state index contributed by atoms with van der Waals surface area (Å²) in [7, 11) is 0.